The fraction of sp³-hybridized carbons (Fsp3) is 0.471. The van der Waals surface area contributed by atoms with Gasteiger partial charge in [-0.05, 0) is 24.1 Å². The zero-order chi connectivity index (χ0) is 17.0. The number of carbonyl (C=O) groups excluding carboxylic acids is 3. The summed E-state index contributed by atoms with van der Waals surface area (Å²) in [6.07, 6.45) is 1.54. The molecule has 1 aromatic rings. The van der Waals surface area contributed by atoms with Gasteiger partial charge >= 0.3 is 0 Å². The molecule has 1 fully saturated rings. The lowest BCUT2D eigenvalue weighted by Gasteiger charge is -2.20. The topological polar surface area (TPSA) is 60.9 Å². The van der Waals surface area contributed by atoms with E-state index in [4.69, 9.17) is 0 Å². The molecule has 3 amide bonds. The molecule has 0 aliphatic carbocycles. The summed E-state index contributed by atoms with van der Waals surface area (Å²) in [7, 11) is 4.94. The van der Waals surface area contributed by atoms with Crippen molar-refractivity contribution in [3.63, 3.8) is 0 Å². The van der Waals surface area contributed by atoms with Crippen LogP contribution in [0.15, 0.2) is 24.3 Å². The summed E-state index contributed by atoms with van der Waals surface area (Å²) in [4.78, 5) is 40.3. The number of amides is 3. The van der Waals surface area contributed by atoms with Gasteiger partial charge in [0.05, 0.1) is 6.54 Å². The summed E-state index contributed by atoms with van der Waals surface area (Å²) >= 11 is 0. The van der Waals surface area contributed by atoms with Crippen LogP contribution in [0.3, 0.4) is 0 Å². The Morgan fingerprint density at radius 3 is 2.30 bits per heavy atom. The van der Waals surface area contributed by atoms with Crippen molar-refractivity contribution in [1.82, 2.24) is 14.7 Å². The molecule has 124 valence electrons. The van der Waals surface area contributed by atoms with E-state index in [-0.39, 0.29) is 24.3 Å². The van der Waals surface area contributed by atoms with Gasteiger partial charge in [0.25, 0.3) is 5.91 Å². The van der Waals surface area contributed by atoms with E-state index in [1.54, 1.807) is 33.3 Å². The zero-order valence-corrected chi connectivity index (χ0v) is 13.9. The second kappa shape index (κ2) is 7.26. The Hall–Kier alpha value is -2.37. The lowest BCUT2D eigenvalue weighted by Crippen LogP contribution is -2.37. The van der Waals surface area contributed by atoms with Gasteiger partial charge in [-0.2, -0.15) is 0 Å². The Kier molecular flexibility index (Phi) is 5.36. The van der Waals surface area contributed by atoms with Gasteiger partial charge in [-0.15, -0.1) is 0 Å². The van der Waals surface area contributed by atoms with E-state index in [1.165, 1.54) is 9.80 Å². The summed E-state index contributed by atoms with van der Waals surface area (Å²) in [6, 6.07) is 7.21. The van der Waals surface area contributed by atoms with Gasteiger partial charge in [0.2, 0.25) is 11.8 Å². The van der Waals surface area contributed by atoms with E-state index in [0.717, 1.165) is 18.5 Å². The normalized spacial score (nSPS) is 14.0. The molecule has 0 atom stereocenters. The fourth-order valence-corrected chi connectivity index (χ4v) is 2.48. The molecule has 0 spiro atoms. The molecular weight excluding hydrogens is 294 g/mol. The molecule has 0 radical (unpaired) electrons. The second-order valence-corrected chi connectivity index (χ2v) is 6.07. The SMILES string of the molecule is CN(C)C(=O)CN(C)C(=O)c1ccc(CN2CCCC2=O)cc1. The average molecular weight is 317 g/mol. The minimum absolute atomic E-state index is 0.0515. The van der Waals surface area contributed by atoms with Crippen molar-refractivity contribution >= 4 is 17.7 Å². The van der Waals surface area contributed by atoms with Crippen molar-refractivity contribution in [2.75, 3.05) is 34.2 Å². The Bertz CT molecular complexity index is 596. The van der Waals surface area contributed by atoms with Crippen LogP contribution in [-0.2, 0) is 16.1 Å². The summed E-state index contributed by atoms with van der Waals surface area (Å²) in [5.41, 5.74) is 1.54. The standard InChI is InChI=1S/C17H23N3O3/c1-18(2)16(22)12-19(3)17(23)14-8-6-13(7-9-14)11-20-10-4-5-15(20)21/h6-9H,4-5,10-12H2,1-3H3. The highest BCUT2D eigenvalue weighted by Gasteiger charge is 2.20. The van der Waals surface area contributed by atoms with Crippen LogP contribution >= 0.6 is 0 Å². The highest BCUT2D eigenvalue weighted by atomic mass is 16.2. The van der Waals surface area contributed by atoms with Crippen molar-refractivity contribution in [3.8, 4) is 0 Å². The molecule has 0 bridgehead atoms. The Morgan fingerprint density at radius 1 is 1.13 bits per heavy atom. The molecule has 2 rings (SSSR count). The number of likely N-dealkylation sites (N-methyl/N-ethyl adjacent to an activating group) is 2. The van der Waals surface area contributed by atoms with Crippen molar-refractivity contribution in [1.29, 1.82) is 0 Å². The summed E-state index contributed by atoms with van der Waals surface area (Å²) < 4.78 is 0. The van der Waals surface area contributed by atoms with Gasteiger partial charge in [0, 0.05) is 46.2 Å². The third-order valence-corrected chi connectivity index (χ3v) is 3.96. The minimum atomic E-state index is -0.191. The van der Waals surface area contributed by atoms with Crippen LogP contribution in [0.5, 0.6) is 0 Å². The molecule has 1 saturated heterocycles. The molecule has 0 unspecified atom stereocenters. The third kappa shape index (κ3) is 4.31. The summed E-state index contributed by atoms with van der Waals surface area (Å²) in [6.45, 7) is 1.44. The number of rotatable bonds is 5. The highest BCUT2D eigenvalue weighted by molar-refractivity contribution is 5.96. The maximum atomic E-state index is 12.3. The molecule has 1 aromatic carbocycles. The van der Waals surface area contributed by atoms with E-state index in [0.29, 0.717) is 18.5 Å². The monoisotopic (exact) mass is 317 g/mol. The maximum absolute atomic E-state index is 12.3. The first-order chi connectivity index (χ1) is 10.9. The quantitative estimate of drug-likeness (QED) is 0.813. The Labute approximate surface area is 136 Å². The molecule has 6 nitrogen and oxygen atoms in total. The predicted molar refractivity (Wildman–Crippen MR) is 86.7 cm³/mol. The largest absolute Gasteiger partial charge is 0.347 e. The molecule has 0 aromatic heterocycles. The molecule has 6 heteroatoms. The van der Waals surface area contributed by atoms with E-state index < -0.39 is 0 Å². The van der Waals surface area contributed by atoms with Crippen LogP contribution in [0.1, 0.15) is 28.8 Å². The smallest absolute Gasteiger partial charge is 0.254 e. The second-order valence-electron chi connectivity index (χ2n) is 6.07. The van der Waals surface area contributed by atoms with Gasteiger partial charge in [-0.3, -0.25) is 14.4 Å². The van der Waals surface area contributed by atoms with Crippen molar-refractivity contribution in [2.45, 2.75) is 19.4 Å². The van der Waals surface area contributed by atoms with Gasteiger partial charge in [-0.25, -0.2) is 0 Å². The fourth-order valence-electron chi connectivity index (χ4n) is 2.48. The van der Waals surface area contributed by atoms with Crippen LogP contribution in [0.2, 0.25) is 0 Å². The lowest BCUT2D eigenvalue weighted by molar-refractivity contribution is -0.129. The minimum Gasteiger partial charge on any atom is -0.347 e. The van der Waals surface area contributed by atoms with Gasteiger partial charge in [0.1, 0.15) is 0 Å². The van der Waals surface area contributed by atoms with E-state index >= 15 is 0 Å². The van der Waals surface area contributed by atoms with Crippen LogP contribution in [0.25, 0.3) is 0 Å². The molecule has 0 saturated carbocycles. The first-order valence-corrected chi connectivity index (χ1v) is 7.71. The molecule has 0 N–H and O–H groups in total. The Morgan fingerprint density at radius 2 is 1.78 bits per heavy atom. The maximum Gasteiger partial charge on any atom is 0.254 e. The number of nitrogens with zero attached hydrogens (tertiary/aromatic N) is 3. The van der Waals surface area contributed by atoms with E-state index in [2.05, 4.69) is 0 Å². The number of carbonyl (C=O) groups is 3. The van der Waals surface area contributed by atoms with Crippen LogP contribution in [0, 0.1) is 0 Å². The predicted octanol–water partition coefficient (Wildman–Crippen LogP) is 0.969. The average Bonchev–Trinajstić information content (AvgIpc) is 2.92. The number of hydrogen-bond donors (Lipinski definition) is 0. The van der Waals surface area contributed by atoms with Crippen LogP contribution < -0.4 is 0 Å². The highest BCUT2D eigenvalue weighted by Crippen LogP contribution is 2.15. The summed E-state index contributed by atoms with van der Waals surface area (Å²) in [5.74, 6) is -0.124. The van der Waals surface area contributed by atoms with Crippen molar-refractivity contribution in [3.05, 3.63) is 35.4 Å². The van der Waals surface area contributed by atoms with Crippen molar-refractivity contribution < 1.29 is 14.4 Å². The van der Waals surface area contributed by atoms with Crippen molar-refractivity contribution in [2.24, 2.45) is 0 Å². The zero-order valence-electron chi connectivity index (χ0n) is 13.9. The van der Waals surface area contributed by atoms with Gasteiger partial charge < -0.3 is 14.7 Å². The van der Waals surface area contributed by atoms with Crippen LogP contribution in [-0.4, -0.2) is 66.7 Å². The number of likely N-dealkylation sites (tertiary alicyclic amines) is 1. The van der Waals surface area contributed by atoms with Gasteiger partial charge in [0.15, 0.2) is 0 Å². The lowest BCUT2D eigenvalue weighted by atomic mass is 10.1. The number of benzene rings is 1. The van der Waals surface area contributed by atoms with E-state index in [9.17, 15) is 14.4 Å². The number of hydrogen-bond acceptors (Lipinski definition) is 3. The Balaban J connectivity index is 1.97. The van der Waals surface area contributed by atoms with E-state index in [1.807, 2.05) is 17.0 Å². The summed E-state index contributed by atoms with van der Waals surface area (Å²) in [5, 5.41) is 0. The van der Waals surface area contributed by atoms with Gasteiger partial charge in [-0.1, -0.05) is 12.1 Å². The third-order valence-electron chi connectivity index (χ3n) is 3.96. The molecular formula is C17H23N3O3. The molecule has 1 aliphatic rings. The molecule has 23 heavy (non-hydrogen) atoms. The molecule has 1 heterocycles. The molecule has 1 aliphatic heterocycles. The van der Waals surface area contributed by atoms with Crippen LogP contribution in [0.4, 0.5) is 0 Å². The first-order valence-electron chi connectivity index (χ1n) is 7.71. The first kappa shape index (κ1) is 17.0.